The van der Waals surface area contributed by atoms with Crippen molar-refractivity contribution in [1.29, 1.82) is 5.26 Å². The summed E-state index contributed by atoms with van der Waals surface area (Å²) in [6.45, 7) is 3.19. The first-order valence-corrected chi connectivity index (χ1v) is 8.86. The monoisotopic (exact) mass is 360 g/mol. The van der Waals surface area contributed by atoms with Gasteiger partial charge >= 0.3 is 0 Å². The maximum Gasteiger partial charge on any atom is 0.149 e. The Balaban J connectivity index is 1.69. The van der Waals surface area contributed by atoms with Crippen LogP contribution in [0.3, 0.4) is 0 Å². The topological polar surface area (TPSA) is 74.2 Å². The maximum absolute atomic E-state index is 9.65. The number of methoxy groups -OCH3 is 1. The van der Waals surface area contributed by atoms with Crippen LogP contribution in [-0.2, 0) is 4.74 Å². The van der Waals surface area contributed by atoms with E-state index in [0.29, 0.717) is 11.4 Å². The van der Waals surface area contributed by atoms with Gasteiger partial charge in [-0.05, 0) is 30.3 Å². The number of H-pyrrole nitrogens is 1. The summed E-state index contributed by atoms with van der Waals surface area (Å²) in [5.41, 5.74) is 4.14. The van der Waals surface area contributed by atoms with Gasteiger partial charge in [0.05, 0.1) is 36.9 Å². The van der Waals surface area contributed by atoms with Crippen LogP contribution in [0.4, 0.5) is 5.69 Å². The van der Waals surface area contributed by atoms with E-state index < -0.39 is 0 Å². The van der Waals surface area contributed by atoms with Crippen molar-refractivity contribution in [3.63, 3.8) is 0 Å². The largest absolute Gasteiger partial charge is 0.496 e. The molecule has 0 atom stereocenters. The second kappa shape index (κ2) is 7.52. The number of imidazole rings is 1. The first-order valence-electron chi connectivity index (χ1n) is 8.86. The molecule has 0 spiro atoms. The van der Waals surface area contributed by atoms with Crippen molar-refractivity contribution in [2.75, 3.05) is 38.3 Å². The second-order valence-electron chi connectivity index (χ2n) is 6.30. The fourth-order valence-corrected chi connectivity index (χ4v) is 3.23. The van der Waals surface area contributed by atoms with Crippen LogP contribution >= 0.6 is 0 Å². The number of hydrogen-bond acceptors (Lipinski definition) is 5. The van der Waals surface area contributed by atoms with Crippen LogP contribution in [-0.4, -0.2) is 43.4 Å². The molecule has 6 nitrogen and oxygen atoms in total. The average molecular weight is 360 g/mol. The molecular weight excluding hydrogens is 340 g/mol. The van der Waals surface area contributed by atoms with Crippen LogP contribution < -0.4 is 9.64 Å². The molecule has 0 unspecified atom stereocenters. The fraction of sp³-hybridized carbons (Fsp3) is 0.238. The summed E-state index contributed by atoms with van der Waals surface area (Å²) in [5.74, 6) is 1.28. The Bertz CT molecular complexity index is 993. The summed E-state index contributed by atoms with van der Waals surface area (Å²) in [4.78, 5) is 9.99. The lowest BCUT2D eigenvalue weighted by Gasteiger charge is -2.29. The second-order valence-corrected chi connectivity index (χ2v) is 6.30. The summed E-state index contributed by atoms with van der Waals surface area (Å²) in [6.07, 6.45) is 1.81. The summed E-state index contributed by atoms with van der Waals surface area (Å²) in [5, 5.41) is 9.65. The number of hydrogen-bond donors (Lipinski definition) is 1. The van der Waals surface area contributed by atoms with Gasteiger partial charge in [-0.15, -0.1) is 0 Å². The third kappa shape index (κ3) is 3.50. The Labute approximate surface area is 157 Å². The van der Waals surface area contributed by atoms with Crippen molar-refractivity contribution >= 4 is 28.4 Å². The molecule has 0 radical (unpaired) electrons. The molecule has 1 saturated heterocycles. The van der Waals surface area contributed by atoms with Gasteiger partial charge in [0.25, 0.3) is 0 Å². The third-order valence-corrected chi connectivity index (χ3v) is 4.66. The molecular formula is C21H20N4O2. The van der Waals surface area contributed by atoms with Crippen LogP contribution in [0.1, 0.15) is 11.4 Å². The molecule has 1 aliphatic rings. The lowest BCUT2D eigenvalue weighted by molar-refractivity contribution is 0.122. The number of rotatable bonds is 4. The molecule has 1 fully saturated rings. The molecule has 136 valence electrons. The smallest absolute Gasteiger partial charge is 0.149 e. The molecule has 6 heteroatoms. The highest BCUT2D eigenvalue weighted by Crippen LogP contribution is 2.29. The number of ether oxygens (including phenoxy) is 2. The standard InChI is InChI=1S/C21H20N4O2/c1-26-20-13-17(25-8-10-27-11-9-25)7-6-15(20)12-16(14-22)21-23-18-4-2-3-5-19(18)24-21/h2-7,12-13H,8-11H2,1H3,(H,23,24). The van der Waals surface area contributed by atoms with Crippen LogP contribution in [0, 0.1) is 11.3 Å². The van der Waals surface area contributed by atoms with E-state index in [1.807, 2.05) is 42.5 Å². The number of anilines is 1. The summed E-state index contributed by atoms with van der Waals surface area (Å²) in [6, 6.07) is 16.0. The fourth-order valence-electron chi connectivity index (χ4n) is 3.23. The van der Waals surface area contributed by atoms with Crippen molar-refractivity contribution in [3.05, 3.63) is 53.9 Å². The number of benzene rings is 2. The van der Waals surface area contributed by atoms with Crippen LogP contribution in [0.15, 0.2) is 42.5 Å². The highest BCUT2D eigenvalue weighted by molar-refractivity contribution is 5.91. The average Bonchev–Trinajstić information content (AvgIpc) is 3.16. The van der Waals surface area contributed by atoms with Crippen LogP contribution in [0.5, 0.6) is 5.75 Å². The quantitative estimate of drug-likeness (QED) is 0.721. The van der Waals surface area contributed by atoms with Gasteiger partial charge in [0, 0.05) is 30.4 Å². The number of aromatic nitrogens is 2. The molecule has 1 aromatic heterocycles. The van der Waals surface area contributed by atoms with Gasteiger partial charge in [-0.1, -0.05) is 12.1 Å². The Morgan fingerprint density at radius 1 is 1.26 bits per heavy atom. The normalized spacial score (nSPS) is 15.0. The molecule has 27 heavy (non-hydrogen) atoms. The Hall–Kier alpha value is -3.30. The minimum absolute atomic E-state index is 0.462. The summed E-state index contributed by atoms with van der Waals surface area (Å²) in [7, 11) is 1.64. The first kappa shape index (κ1) is 17.1. The van der Waals surface area contributed by atoms with Gasteiger partial charge in [0.1, 0.15) is 17.6 Å². The summed E-state index contributed by atoms with van der Waals surface area (Å²) >= 11 is 0. The minimum atomic E-state index is 0.462. The molecule has 1 N–H and O–H groups in total. The number of nitrogens with one attached hydrogen (secondary N) is 1. The minimum Gasteiger partial charge on any atom is -0.496 e. The van der Waals surface area contributed by atoms with E-state index in [4.69, 9.17) is 9.47 Å². The van der Waals surface area contributed by atoms with Gasteiger partial charge in [-0.2, -0.15) is 5.26 Å². The summed E-state index contributed by atoms with van der Waals surface area (Å²) < 4.78 is 11.0. The van der Waals surface area contributed by atoms with E-state index in [1.165, 1.54) is 0 Å². The molecule has 0 amide bonds. The maximum atomic E-state index is 9.65. The predicted molar refractivity (Wildman–Crippen MR) is 106 cm³/mol. The molecule has 4 rings (SSSR count). The van der Waals surface area contributed by atoms with Gasteiger partial charge in [-0.25, -0.2) is 4.98 Å². The Morgan fingerprint density at radius 2 is 2.07 bits per heavy atom. The van der Waals surface area contributed by atoms with Crippen molar-refractivity contribution in [1.82, 2.24) is 9.97 Å². The van der Waals surface area contributed by atoms with Gasteiger partial charge in [0.15, 0.2) is 0 Å². The number of nitrogens with zero attached hydrogens (tertiary/aromatic N) is 3. The van der Waals surface area contributed by atoms with Gasteiger partial charge < -0.3 is 19.4 Å². The zero-order valence-corrected chi connectivity index (χ0v) is 15.1. The van der Waals surface area contributed by atoms with Crippen LogP contribution in [0.25, 0.3) is 22.7 Å². The van der Waals surface area contributed by atoms with Crippen molar-refractivity contribution in [2.24, 2.45) is 0 Å². The molecule has 0 aliphatic carbocycles. The number of fused-ring (bicyclic) bond motifs is 1. The number of allylic oxidation sites excluding steroid dienone is 1. The van der Waals surface area contributed by atoms with E-state index in [-0.39, 0.29) is 0 Å². The Kier molecular flexibility index (Phi) is 4.77. The highest BCUT2D eigenvalue weighted by atomic mass is 16.5. The molecule has 2 aromatic carbocycles. The van der Waals surface area contributed by atoms with Gasteiger partial charge in [-0.3, -0.25) is 0 Å². The lowest BCUT2D eigenvalue weighted by atomic mass is 10.1. The molecule has 0 bridgehead atoms. The molecule has 3 aromatic rings. The number of aromatic amines is 1. The molecule has 0 saturated carbocycles. The zero-order valence-electron chi connectivity index (χ0n) is 15.1. The number of morpholine rings is 1. The van der Waals surface area contributed by atoms with E-state index in [2.05, 4.69) is 20.9 Å². The predicted octanol–water partition coefficient (Wildman–Crippen LogP) is 3.47. The lowest BCUT2D eigenvalue weighted by Crippen LogP contribution is -2.36. The third-order valence-electron chi connectivity index (χ3n) is 4.66. The van der Waals surface area contributed by atoms with E-state index in [9.17, 15) is 5.26 Å². The number of para-hydroxylation sites is 2. The SMILES string of the molecule is COc1cc(N2CCOCC2)ccc1C=C(C#N)c1nc2ccccc2[nH]1. The van der Waals surface area contributed by atoms with Crippen LogP contribution in [0.2, 0.25) is 0 Å². The van der Waals surface area contributed by atoms with Crippen molar-refractivity contribution in [2.45, 2.75) is 0 Å². The van der Waals surface area contributed by atoms with Crippen molar-refractivity contribution in [3.8, 4) is 11.8 Å². The highest BCUT2D eigenvalue weighted by Gasteiger charge is 2.14. The molecule has 2 heterocycles. The van der Waals surface area contributed by atoms with Crippen molar-refractivity contribution < 1.29 is 9.47 Å². The first-order chi connectivity index (χ1) is 13.3. The molecule has 1 aliphatic heterocycles. The van der Waals surface area contributed by atoms with E-state index in [1.54, 1.807) is 13.2 Å². The van der Waals surface area contributed by atoms with Gasteiger partial charge in [0.2, 0.25) is 0 Å². The van der Waals surface area contributed by atoms with E-state index in [0.717, 1.165) is 54.3 Å². The van der Waals surface area contributed by atoms with E-state index >= 15 is 0 Å². The number of nitriles is 1. The Morgan fingerprint density at radius 3 is 2.81 bits per heavy atom. The zero-order chi connectivity index (χ0) is 18.6.